The van der Waals surface area contributed by atoms with E-state index in [1.54, 1.807) is 18.2 Å². The van der Waals surface area contributed by atoms with Crippen LogP contribution in [0.2, 0.25) is 0 Å². The summed E-state index contributed by atoms with van der Waals surface area (Å²) in [5.74, 6) is 0.582. The average molecular weight is 249 g/mol. The molecule has 1 amide bonds. The molecule has 1 aromatic carbocycles. The molecule has 100 valence electrons. The van der Waals surface area contributed by atoms with Crippen LogP contribution in [0.25, 0.3) is 0 Å². The summed E-state index contributed by atoms with van der Waals surface area (Å²) in [6, 6.07) is 5.25. The van der Waals surface area contributed by atoms with Crippen molar-refractivity contribution in [2.45, 2.75) is 40.7 Å². The lowest BCUT2D eigenvalue weighted by atomic mass is 10.1. The Labute approximate surface area is 109 Å². The van der Waals surface area contributed by atoms with Gasteiger partial charge in [0.05, 0.1) is 0 Å². The van der Waals surface area contributed by atoms with Crippen LogP contribution in [-0.2, 0) is 0 Å². The van der Waals surface area contributed by atoms with Crippen LogP contribution in [0.5, 0.6) is 5.75 Å². The van der Waals surface area contributed by atoms with Gasteiger partial charge >= 0.3 is 0 Å². The maximum absolute atomic E-state index is 12.4. The Balaban J connectivity index is 2.98. The largest absolute Gasteiger partial charge is 0.508 e. The third kappa shape index (κ3) is 3.49. The van der Waals surface area contributed by atoms with Gasteiger partial charge in [-0.25, -0.2) is 0 Å². The van der Waals surface area contributed by atoms with Gasteiger partial charge in [0.25, 0.3) is 5.91 Å². The number of rotatable bonds is 4. The number of aryl methyl sites for hydroxylation is 1. The highest BCUT2D eigenvalue weighted by Crippen LogP contribution is 2.19. The van der Waals surface area contributed by atoms with Crippen molar-refractivity contribution in [3.8, 4) is 5.75 Å². The molecule has 18 heavy (non-hydrogen) atoms. The van der Waals surface area contributed by atoms with Crippen LogP contribution in [0.3, 0.4) is 0 Å². The van der Waals surface area contributed by atoms with Crippen LogP contribution in [0.15, 0.2) is 18.2 Å². The van der Waals surface area contributed by atoms with Crippen LogP contribution in [0.4, 0.5) is 0 Å². The summed E-state index contributed by atoms with van der Waals surface area (Å²) in [5.41, 5.74) is 1.33. The van der Waals surface area contributed by atoms with Gasteiger partial charge in [-0.3, -0.25) is 4.79 Å². The van der Waals surface area contributed by atoms with Crippen molar-refractivity contribution in [1.29, 1.82) is 0 Å². The van der Waals surface area contributed by atoms with E-state index in [2.05, 4.69) is 13.8 Å². The zero-order valence-electron chi connectivity index (χ0n) is 11.9. The molecule has 0 heterocycles. The third-order valence-corrected chi connectivity index (χ3v) is 2.90. The first-order chi connectivity index (χ1) is 8.32. The van der Waals surface area contributed by atoms with E-state index in [1.165, 1.54) is 0 Å². The molecule has 0 aliphatic carbocycles. The normalized spacial score (nSPS) is 11.1. The van der Waals surface area contributed by atoms with Gasteiger partial charge in [0, 0.05) is 18.2 Å². The molecule has 0 unspecified atom stereocenters. The molecule has 0 radical (unpaired) electrons. The minimum atomic E-state index is -0.0194. The molecular weight excluding hydrogens is 226 g/mol. The maximum atomic E-state index is 12.4. The number of carbonyl (C=O) groups is 1. The van der Waals surface area contributed by atoms with Gasteiger partial charge in [-0.15, -0.1) is 0 Å². The summed E-state index contributed by atoms with van der Waals surface area (Å²) in [5, 5.41) is 9.68. The zero-order valence-corrected chi connectivity index (χ0v) is 11.9. The van der Waals surface area contributed by atoms with Gasteiger partial charge in [0.1, 0.15) is 5.75 Å². The number of amides is 1. The highest BCUT2D eigenvalue weighted by molar-refractivity contribution is 5.94. The predicted octanol–water partition coefficient (Wildman–Crippen LogP) is 3.21. The van der Waals surface area contributed by atoms with Crippen LogP contribution in [0, 0.1) is 12.8 Å². The average Bonchev–Trinajstić information content (AvgIpc) is 2.28. The highest BCUT2D eigenvalue weighted by Gasteiger charge is 2.20. The van der Waals surface area contributed by atoms with Crippen molar-refractivity contribution < 1.29 is 9.90 Å². The maximum Gasteiger partial charge on any atom is 0.254 e. The number of aromatic hydroxyl groups is 1. The van der Waals surface area contributed by atoms with Gasteiger partial charge in [0.15, 0.2) is 0 Å². The number of nitrogens with zero attached hydrogens (tertiary/aromatic N) is 1. The van der Waals surface area contributed by atoms with Crippen molar-refractivity contribution in [3.63, 3.8) is 0 Å². The van der Waals surface area contributed by atoms with E-state index in [0.29, 0.717) is 11.5 Å². The topological polar surface area (TPSA) is 40.5 Å². The Morgan fingerprint density at radius 3 is 2.33 bits per heavy atom. The second kappa shape index (κ2) is 5.89. The first-order valence-corrected chi connectivity index (χ1v) is 6.43. The summed E-state index contributed by atoms with van der Waals surface area (Å²) < 4.78 is 0. The molecule has 0 saturated heterocycles. The molecule has 0 bridgehead atoms. The van der Waals surface area contributed by atoms with Crippen LogP contribution >= 0.6 is 0 Å². The lowest BCUT2D eigenvalue weighted by Gasteiger charge is -2.28. The van der Waals surface area contributed by atoms with E-state index in [1.807, 2.05) is 25.7 Å². The van der Waals surface area contributed by atoms with E-state index in [-0.39, 0.29) is 17.7 Å². The minimum absolute atomic E-state index is 0.0194. The highest BCUT2D eigenvalue weighted by atomic mass is 16.3. The second-order valence-electron chi connectivity index (χ2n) is 5.45. The molecule has 0 fully saturated rings. The fourth-order valence-electron chi connectivity index (χ4n) is 1.83. The number of hydrogen-bond acceptors (Lipinski definition) is 2. The Morgan fingerprint density at radius 1 is 1.28 bits per heavy atom. The quantitative estimate of drug-likeness (QED) is 0.890. The van der Waals surface area contributed by atoms with Crippen LogP contribution in [-0.4, -0.2) is 28.5 Å². The van der Waals surface area contributed by atoms with E-state index in [4.69, 9.17) is 0 Å². The van der Waals surface area contributed by atoms with Crippen molar-refractivity contribution in [1.82, 2.24) is 4.90 Å². The van der Waals surface area contributed by atoms with E-state index in [9.17, 15) is 9.90 Å². The molecule has 3 nitrogen and oxygen atoms in total. The first kappa shape index (κ1) is 14.6. The van der Waals surface area contributed by atoms with Crippen LogP contribution < -0.4 is 0 Å². The summed E-state index contributed by atoms with van der Waals surface area (Å²) in [7, 11) is 0. The third-order valence-electron chi connectivity index (χ3n) is 2.90. The monoisotopic (exact) mass is 249 g/mol. The van der Waals surface area contributed by atoms with Crippen LogP contribution in [0.1, 0.15) is 43.6 Å². The van der Waals surface area contributed by atoms with E-state index in [0.717, 1.165) is 12.1 Å². The molecule has 0 aromatic heterocycles. The molecule has 3 heteroatoms. The second-order valence-corrected chi connectivity index (χ2v) is 5.45. The van der Waals surface area contributed by atoms with E-state index >= 15 is 0 Å². The molecule has 1 N–H and O–H groups in total. The molecule has 0 aliphatic heterocycles. The van der Waals surface area contributed by atoms with Gasteiger partial charge in [0.2, 0.25) is 0 Å². The van der Waals surface area contributed by atoms with Crippen molar-refractivity contribution in [2.75, 3.05) is 6.54 Å². The van der Waals surface area contributed by atoms with Gasteiger partial charge in [-0.2, -0.15) is 0 Å². The SMILES string of the molecule is Cc1ccc(C(=O)N(CC(C)C)C(C)C)cc1O. The number of phenolic OH excluding ortho intramolecular Hbond substituents is 1. The van der Waals surface area contributed by atoms with Crippen molar-refractivity contribution in [3.05, 3.63) is 29.3 Å². The smallest absolute Gasteiger partial charge is 0.254 e. The Kier molecular flexibility index (Phi) is 4.76. The summed E-state index contributed by atoms with van der Waals surface area (Å²) in [6.45, 7) is 10.7. The minimum Gasteiger partial charge on any atom is -0.508 e. The van der Waals surface area contributed by atoms with Gasteiger partial charge in [-0.05, 0) is 44.4 Å². The zero-order chi connectivity index (χ0) is 13.9. The van der Waals surface area contributed by atoms with Gasteiger partial charge in [-0.1, -0.05) is 19.9 Å². The predicted molar refractivity (Wildman–Crippen MR) is 73.9 cm³/mol. The molecule has 0 atom stereocenters. The Hall–Kier alpha value is -1.51. The molecular formula is C15H23NO2. The number of benzene rings is 1. The van der Waals surface area contributed by atoms with Crippen molar-refractivity contribution in [2.24, 2.45) is 5.92 Å². The Bertz CT molecular complexity index is 425. The Morgan fingerprint density at radius 2 is 1.89 bits per heavy atom. The fraction of sp³-hybridized carbons (Fsp3) is 0.533. The lowest BCUT2D eigenvalue weighted by Crippen LogP contribution is -2.39. The number of phenols is 1. The molecule has 1 rings (SSSR count). The number of hydrogen-bond donors (Lipinski definition) is 1. The first-order valence-electron chi connectivity index (χ1n) is 6.43. The lowest BCUT2D eigenvalue weighted by molar-refractivity contribution is 0.0681. The van der Waals surface area contributed by atoms with Gasteiger partial charge < -0.3 is 10.0 Å². The van der Waals surface area contributed by atoms with E-state index < -0.39 is 0 Å². The molecule has 0 spiro atoms. The number of carbonyl (C=O) groups excluding carboxylic acids is 1. The molecule has 1 aromatic rings. The fourth-order valence-corrected chi connectivity index (χ4v) is 1.83. The summed E-state index contributed by atoms with van der Waals surface area (Å²) in [6.07, 6.45) is 0. The summed E-state index contributed by atoms with van der Waals surface area (Å²) >= 11 is 0. The molecule has 0 aliphatic rings. The van der Waals surface area contributed by atoms with Crippen molar-refractivity contribution >= 4 is 5.91 Å². The summed E-state index contributed by atoms with van der Waals surface area (Å²) in [4.78, 5) is 14.2. The molecule has 0 saturated carbocycles. The standard InChI is InChI=1S/C15H23NO2/c1-10(2)9-16(11(3)4)15(18)13-7-6-12(5)14(17)8-13/h6-8,10-11,17H,9H2,1-5H3.